The second kappa shape index (κ2) is 11.7. The molecule has 1 unspecified atom stereocenters. The van der Waals surface area contributed by atoms with Gasteiger partial charge in [0.1, 0.15) is 5.82 Å². The van der Waals surface area contributed by atoms with Gasteiger partial charge in [-0.15, -0.1) is 0 Å². The third kappa shape index (κ3) is 5.93. The number of likely N-dealkylation sites (tertiary alicyclic amines) is 1. The van der Waals surface area contributed by atoms with E-state index in [0.29, 0.717) is 18.9 Å². The molecule has 0 radical (unpaired) electrons. The van der Waals surface area contributed by atoms with Gasteiger partial charge in [-0.25, -0.2) is 9.78 Å². The van der Waals surface area contributed by atoms with Crippen molar-refractivity contribution >= 4 is 34.2 Å². The summed E-state index contributed by atoms with van der Waals surface area (Å²) in [5, 5.41) is 8.62. The lowest BCUT2D eigenvalue weighted by Gasteiger charge is -2.40. The van der Waals surface area contributed by atoms with E-state index in [9.17, 15) is 9.59 Å². The highest BCUT2D eigenvalue weighted by atomic mass is 16.2. The van der Waals surface area contributed by atoms with Crippen molar-refractivity contribution in [1.29, 1.82) is 0 Å². The number of carbonyl (C=O) groups excluding carboxylic acids is 2. The Kier molecular flexibility index (Phi) is 7.99. The van der Waals surface area contributed by atoms with Crippen molar-refractivity contribution in [3.63, 3.8) is 0 Å². The molecule has 3 aromatic rings. The second-order valence-electron chi connectivity index (χ2n) is 10.4. The number of rotatable bonds is 6. The van der Waals surface area contributed by atoms with Gasteiger partial charge in [-0.3, -0.25) is 9.69 Å². The summed E-state index contributed by atoms with van der Waals surface area (Å²) in [4.78, 5) is 35.4. The molecular weight excluding hydrogens is 462 g/mol. The van der Waals surface area contributed by atoms with E-state index in [1.165, 1.54) is 0 Å². The number of fused-ring (bicyclic) bond motifs is 1. The Morgan fingerprint density at radius 2 is 1.95 bits per heavy atom. The van der Waals surface area contributed by atoms with Crippen molar-refractivity contribution in [2.75, 3.05) is 36.4 Å². The lowest BCUT2D eigenvalue weighted by Crippen LogP contribution is -2.55. The number of aryl methyl sites for hydroxylation is 1. The minimum absolute atomic E-state index is 0.0278. The minimum Gasteiger partial charge on any atom is -0.326 e. The van der Waals surface area contributed by atoms with Crippen LogP contribution in [0.5, 0.6) is 0 Å². The molecule has 194 valence electrons. The molecule has 3 amide bonds. The lowest BCUT2D eigenvalue weighted by atomic mass is 9.93. The average Bonchev–Trinajstić information content (AvgIpc) is 2.93. The first-order valence-corrected chi connectivity index (χ1v) is 13.6. The van der Waals surface area contributed by atoms with E-state index < -0.39 is 0 Å². The molecule has 0 bridgehead atoms. The number of hydrogen-bond donors (Lipinski definition) is 2. The summed E-state index contributed by atoms with van der Waals surface area (Å²) in [5.41, 5.74) is 1.95. The second-order valence-corrected chi connectivity index (χ2v) is 10.4. The number of anilines is 2. The first-order valence-electron chi connectivity index (χ1n) is 13.6. The van der Waals surface area contributed by atoms with Crippen LogP contribution < -0.4 is 15.5 Å². The van der Waals surface area contributed by atoms with Crippen LogP contribution in [0.25, 0.3) is 10.8 Å². The summed E-state index contributed by atoms with van der Waals surface area (Å²) in [5.74, 6) is 1.10. The molecule has 0 aliphatic carbocycles. The van der Waals surface area contributed by atoms with Crippen molar-refractivity contribution in [1.82, 2.24) is 15.2 Å². The molecule has 1 aromatic heterocycles. The zero-order chi connectivity index (χ0) is 25.6. The highest BCUT2D eigenvalue weighted by molar-refractivity contribution is 6.03. The van der Waals surface area contributed by atoms with Gasteiger partial charge in [0.15, 0.2) is 0 Å². The highest BCUT2D eigenvalue weighted by Gasteiger charge is 2.34. The third-order valence-electron chi connectivity index (χ3n) is 7.68. The van der Waals surface area contributed by atoms with Crippen LogP contribution in [0.15, 0.2) is 60.8 Å². The fraction of sp³-hybridized carbons (Fsp3) is 0.433. The molecular formula is C30H37N5O2. The van der Waals surface area contributed by atoms with E-state index in [0.717, 1.165) is 79.6 Å². The number of nitrogens with zero attached hydrogens (tertiary/aromatic N) is 3. The van der Waals surface area contributed by atoms with Crippen LogP contribution in [-0.4, -0.2) is 54.0 Å². The number of carbonyl (C=O) groups is 2. The Morgan fingerprint density at radius 1 is 1.08 bits per heavy atom. The molecule has 2 aliphatic rings. The molecule has 2 atom stereocenters. The van der Waals surface area contributed by atoms with Crippen molar-refractivity contribution in [2.45, 2.75) is 51.5 Å². The molecule has 2 aromatic carbocycles. The first-order chi connectivity index (χ1) is 18.1. The third-order valence-corrected chi connectivity index (χ3v) is 7.68. The Labute approximate surface area is 219 Å². The summed E-state index contributed by atoms with van der Waals surface area (Å²) < 4.78 is 0. The molecule has 0 saturated carbocycles. The number of hydrogen-bond acceptors (Lipinski definition) is 4. The van der Waals surface area contributed by atoms with Crippen molar-refractivity contribution in [3.05, 3.63) is 66.4 Å². The molecule has 5 rings (SSSR count). The van der Waals surface area contributed by atoms with Gasteiger partial charge in [0.25, 0.3) is 0 Å². The van der Waals surface area contributed by atoms with Crippen LogP contribution in [0.2, 0.25) is 0 Å². The Bertz CT molecular complexity index is 1220. The van der Waals surface area contributed by atoms with Gasteiger partial charge in [0, 0.05) is 43.3 Å². The highest BCUT2D eigenvalue weighted by Crippen LogP contribution is 2.32. The van der Waals surface area contributed by atoms with Crippen LogP contribution in [0.3, 0.4) is 0 Å². The number of para-hydroxylation sites is 1. The van der Waals surface area contributed by atoms with E-state index in [4.69, 9.17) is 4.98 Å². The fourth-order valence-corrected chi connectivity index (χ4v) is 5.75. The van der Waals surface area contributed by atoms with Crippen molar-refractivity contribution in [2.24, 2.45) is 5.92 Å². The molecule has 3 heterocycles. The van der Waals surface area contributed by atoms with Crippen LogP contribution in [0, 0.1) is 12.8 Å². The quantitative estimate of drug-likeness (QED) is 0.479. The smallest absolute Gasteiger partial charge is 0.325 e. The Morgan fingerprint density at radius 3 is 2.76 bits per heavy atom. The maximum atomic E-state index is 14.2. The van der Waals surface area contributed by atoms with Crippen molar-refractivity contribution in [3.8, 4) is 0 Å². The summed E-state index contributed by atoms with van der Waals surface area (Å²) in [6, 6.07) is 17.9. The molecule has 2 fully saturated rings. The molecule has 2 saturated heterocycles. The van der Waals surface area contributed by atoms with Gasteiger partial charge in [-0.2, -0.15) is 0 Å². The normalized spacial score (nSPS) is 20.0. The zero-order valence-corrected chi connectivity index (χ0v) is 21.7. The summed E-state index contributed by atoms with van der Waals surface area (Å²) in [7, 11) is 0. The number of nitrogens with one attached hydrogen (secondary N) is 2. The van der Waals surface area contributed by atoms with Gasteiger partial charge >= 0.3 is 6.03 Å². The summed E-state index contributed by atoms with van der Waals surface area (Å²) >= 11 is 0. The van der Waals surface area contributed by atoms with Crippen LogP contribution in [0.1, 0.15) is 44.1 Å². The largest absolute Gasteiger partial charge is 0.326 e. The van der Waals surface area contributed by atoms with Gasteiger partial charge in [0.05, 0.1) is 6.04 Å². The first kappa shape index (κ1) is 25.2. The molecule has 0 spiro atoms. The topological polar surface area (TPSA) is 77.6 Å². The predicted octanol–water partition coefficient (Wildman–Crippen LogP) is 5.35. The average molecular weight is 500 g/mol. The van der Waals surface area contributed by atoms with E-state index in [2.05, 4.69) is 35.8 Å². The van der Waals surface area contributed by atoms with Gasteiger partial charge < -0.3 is 15.5 Å². The molecule has 7 heteroatoms. The Balaban J connectivity index is 1.32. The fourth-order valence-electron chi connectivity index (χ4n) is 5.75. The number of benzene rings is 2. The summed E-state index contributed by atoms with van der Waals surface area (Å²) in [6.07, 6.45) is 7.05. The number of amides is 3. The zero-order valence-electron chi connectivity index (χ0n) is 21.7. The molecule has 37 heavy (non-hydrogen) atoms. The van der Waals surface area contributed by atoms with E-state index >= 15 is 0 Å². The number of pyridine rings is 1. The van der Waals surface area contributed by atoms with E-state index in [1.807, 2.05) is 52.4 Å². The number of urea groups is 1. The molecule has 2 aliphatic heterocycles. The minimum atomic E-state index is 0.0278. The van der Waals surface area contributed by atoms with Crippen molar-refractivity contribution < 1.29 is 9.59 Å². The maximum Gasteiger partial charge on any atom is 0.325 e. The number of piperidine rings is 2. The molecule has 7 nitrogen and oxygen atoms in total. The molecule has 2 N–H and O–H groups in total. The van der Waals surface area contributed by atoms with Gasteiger partial charge in [0.2, 0.25) is 5.91 Å². The maximum absolute atomic E-state index is 14.2. The van der Waals surface area contributed by atoms with Crippen LogP contribution >= 0.6 is 0 Å². The van der Waals surface area contributed by atoms with Gasteiger partial charge in [-0.05, 0) is 80.6 Å². The Hall–Kier alpha value is -3.45. The van der Waals surface area contributed by atoms with Gasteiger partial charge in [-0.1, -0.05) is 36.4 Å². The number of aromatic nitrogens is 1. The lowest BCUT2D eigenvalue weighted by molar-refractivity contribution is -0.116. The van der Waals surface area contributed by atoms with E-state index in [1.54, 1.807) is 0 Å². The monoisotopic (exact) mass is 499 g/mol. The SMILES string of the molecule is Cc1cccc2ccnc(N(C(=O)N3CCCC(CCC(=O)Nc4ccccc4)C3)[C@@H]3CCCNC3)c12. The van der Waals surface area contributed by atoms with Crippen LogP contribution in [0.4, 0.5) is 16.3 Å². The standard InChI is InChI=1S/C30H37N5O2/c1-22-8-5-10-24-16-18-32-29(28(22)24)35(26-13-6-17-31-20-26)30(37)34-19-7-9-23(21-34)14-15-27(36)33-25-11-3-2-4-12-25/h2-5,8,10-12,16,18,23,26,31H,6-7,9,13-15,17,19-21H2,1H3,(H,33,36)/t23?,26-/m1/s1. The predicted molar refractivity (Wildman–Crippen MR) is 149 cm³/mol. The summed E-state index contributed by atoms with van der Waals surface area (Å²) in [6.45, 7) is 5.26. The van der Waals surface area contributed by atoms with E-state index in [-0.39, 0.29) is 18.0 Å². The van der Waals surface area contributed by atoms with Crippen LogP contribution in [-0.2, 0) is 4.79 Å².